The van der Waals surface area contributed by atoms with Gasteiger partial charge in [-0.05, 0) is 24.6 Å². The number of hydrogen-bond acceptors (Lipinski definition) is 5. The second-order valence-electron chi connectivity index (χ2n) is 8.14. The number of hydrogen-bond donors (Lipinski definition) is 1. The van der Waals surface area contributed by atoms with E-state index in [0.717, 1.165) is 16.6 Å². The molecule has 9 heteroatoms. The lowest BCUT2D eigenvalue weighted by Gasteiger charge is -2.13. The van der Waals surface area contributed by atoms with Crippen molar-refractivity contribution in [3.63, 3.8) is 0 Å². The lowest BCUT2D eigenvalue weighted by molar-refractivity contribution is -0.113. The monoisotopic (exact) mass is 491 g/mol. The minimum Gasteiger partial charge on any atom is -0.310 e. The fraction of sp³-hybridized carbons (Fsp3) is 0.429. The molecule has 3 aromatic rings. The standard InChI is InChI=1S/C21H26BrN5O2S/c1-6-9-27-19(29)14-10-13(22)7-8-15(14)23-20(27)30-12-18(28)24-17-11-16(21(2,3)4)25-26(17)5/h7-8,10-11H,6,9,12H2,1-5H3,(H,24,28). The van der Waals surface area contributed by atoms with Crippen LogP contribution in [0.5, 0.6) is 0 Å². The Kier molecular flexibility index (Phi) is 6.71. The molecular formula is C21H26BrN5O2S. The molecule has 0 bridgehead atoms. The number of nitrogens with zero attached hydrogens (tertiary/aromatic N) is 4. The van der Waals surface area contributed by atoms with Gasteiger partial charge in [-0.25, -0.2) is 4.98 Å². The van der Waals surface area contributed by atoms with Crippen molar-refractivity contribution < 1.29 is 4.79 Å². The van der Waals surface area contributed by atoms with Gasteiger partial charge in [-0.3, -0.25) is 18.8 Å². The Bertz CT molecular complexity index is 1150. The van der Waals surface area contributed by atoms with E-state index in [1.165, 1.54) is 11.8 Å². The third kappa shape index (κ3) is 4.95. The summed E-state index contributed by atoms with van der Waals surface area (Å²) >= 11 is 4.67. The first-order valence-corrected chi connectivity index (χ1v) is 11.5. The van der Waals surface area contributed by atoms with Crippen LogP contribution < -0.4 is 10.9 Å². The van der Waals surface area contributed by atoms with E-state index in [-0.39, 0.29) is 22.6 Å². The summed E-state index contributed by atoms with van der Waals surface area (Å²) in [6, 6.07) is 7.34. The Morgan fingerprint density at radius 1 is 1.27 bits per heavy atom. The Morgan fingerprint density at radius 3 is 2.63 bits per heavy atom. The molecule has 160 valence electrons. The zero-order valence-corrected chi connectivity index (χ0v) is 20.2. The van der Waals surface area contributed by atoms with Gasteiger partial charge in [-0.1, -0.05) is 55.4 Å². The molecule has 1 amide bonds. The number of benzene rings is 1. The number of aromatic nitrogens is 4. The molecule has 2 heterocycles. The van der Waals surface area contributed by atoms with Crippen LogP contribution in [-0.2, 0) is 23.8 Å². The van der Waals surface area contributed by atoms with Gasteiger partial charge < -0.3 is 5.32 Å². The van der Waals surface area contributed by atoms with Gasteiger partial charge in [-0.15, -0.1) is 0 Å². The largest absolute Gasteiger partial charge is 0.310 e. The topological polar surface area (TPSA) is 81.8 Å². The summed E-state index contributed by atoms with van der Waals surface area (Å²) in [7, 11) is 1.81. The van der Waals surface area contributed by atoms with Gasteiger partial charge in [0.2, 0.25) is 5.91 Å². The average molecular weight is 492 g/mol. The van der Waals surface area contributed by atoms with Crippen molar-refractivity contribution >= 4 is 50.3 Å². The van der Waals surface area contributed by atoms with E-state index in [4.69, 9.17) is 0 Å². The van der Waals surface area contributed by atoms with Crippen LogP contribution in [0.2, 0.25) is 0 Å². The molecule has 30 heavy (non-hydrogen) atoms. The summed E-state index contributed by atoms with van der Waals surface area (Å²) in [5.41, 5.74) is 1.34. The van der Waals surface area contributed by atoms with Gasteiger partial charge in [0.15, 0.2) is 5.16 Å². The van der Waals surface area contributed by atoms with Crippen LogP contribution in [0.3, 0.4) is 0 Å². The number of carbonyl (C=O) groups excluding carboxylic acids is 1. The second-order valence-corrected chi connectivity index (χ2v) is 10.00. The molecule has 2 aromatic heterocycles. The first-order valence-electron chi connectivity index (χ1n) is 9.77. The zero-order chi connectivity index (χ0) is 22.1. The van der Waals surface area contributed by atoms with E-state index in [1.807, 2.05) is 25.1 Å². The Hall–Kier alpha value is -2.13. The van der Waals surface area contributed by atoms with Crippen molar-refractivity contribution in [2.45, 2.75) is 51.2 Å². The average Bonchev–Trinajstić information content (AvgIpc) is 3.04. The summed E-state index contributed by atoms with van der Waals surface area (Å²) in [5, 5.41) is 8.50. The number of nitrogens with one attached hydrogen (secondary N) is 1. The molecular weight excluding hydrogens is 466 g/mol. The van der Waals surface area contributed by atoms with Crippen LogP contribution >= 0.6 is 27.7 Å². The van der Waals surface area contributed by atoms with E-state index < -0.39 is 0 Å². The number of aryl methyl sites for hydroxylation is 1. The van der Waals surface area contributed by atoms with Gasteiger partial charge in [0.1, 0.15) is 5.82 Å². The highest BCUT2D eigenvalue weighted by molar-refractivity contribution is 9.10. The smallest absolute Gasteiger partial charge is 0.262 e. The minimum absolute atomic E-state index is 0.0903. The first kappa shape index (κ1) is 22.6. The highest BCUT2D eigenvalue weighted by atomic mass is 79.9. The summed E-state index contributed by atoms with van der Waals surface area (Å²) < 4.78 is 4.15. The van der Waals surface area contributed by atoms with Gasteiger partial charge in [0.25, 0.3) is 5.56 Å². The van der Waals surface area contributed by atoms with E-state index >= 15 is 0 Å². The van der Waals surface area contributed by atoms with Crippen LogP contribution in [0.4, 0.5) is 5.82 Å². The summed E-state index contributed by atoms with van der Waals surface area (Å²) in [6.45, 7) is 8.79. The van der Waals surface area contributed by atoms with Crippen LogP contribution in [0, 0.1) is 0 Å². The number of amides is 1. The zero-order valence-electron chi connectivity index (χ0n) is 17.8. The highest BCUT2D eigenvalue weighted by Gasteiger charge is 2.20. The van der Waals surface area contributed by atoms with E-state index in [0.29, 0.717) is 28.4 Å². The Morgan fingerprint density at radius 2 is 2.00 bits per heavy atom. The van der Waals surface area contributed by atoms with Gasteiger partial charge in [-0.2, -0.15) is 5.10 Å². The fourth-order valence-corrected chi connectivity index (χ4v) is 4.15. The normalized spacial score (nSPS) is 11.8. The summed E-state index contributed by atoms with van der Waals surface area (Å²) in [5.74, 6) is 0.623. The second kappa shape index (κ2) is 8.93. The molecule has 0 aliphatic rings. The van der Waals surface area contributed by atoms with Crippen molar-refractivity contribution in [3.05, 3.63) is 44.8 Å². The number of rotatable bonds is 6. The number of thioether (sulfide) groups is 1. The molecule has 0 saturated heterocycles. The molecule has 0 unspecified atom stereocenters. The van der Waals surface area contributed by atoms with Crippen molar-refractivity contribution in [3.8, 4) is 0 Å². The van der Waals surface area contributed by atoms with Crippen molar-refractivity contribution in [2.24, 2.45) is 7.05 Å². The maximum atomic E-state index is 12.9. The molecule has 3 rings (SSSR count). The molecule has 7 nitrogen and oxygen atoms in total. The molecule has 0 radical (unpaired) electrons. The van der Waals surface area contributed by atoms with Gasteiger partial charge >= 0.3 is 0 Å². The number of halogens is 1. The predicted octanol–water partition coefficient (Wildman–Crippen LogP) is 4.33. The van der Waals surface area contributed by atoms with Crippen LogP contribution in [-0.4, -0.2) is 31.0 Å². The molecule has 0 fully saturated rings. The molecule has 1 aromatic carbocycles. The Balaban J connectivity index is 1.80. The van der Waals surface area contributed by atoms with Crippen LogP contribution in [0.25, 0.3) is 10.9 Å². The number of carbonyl (C=O) groups is 1. The highest BCUT2D eigenvalue weighted by Crippen LogP contribution is 2.24. The minimum atomic E-state index is -0.170. The van der Waals surface area contributed by atoms with Crippen molar-refractivity contribution in [2.75, 3.05) is 11.1 Å². The maximum Gasteiger partial charge on any atom is 0.262 e. The van der Waals surface area contributed by atoms with Gasteiger partial charge in [0, 0.05) is 29.5 Å². The Labute approximate surface area is 188 Å². The van der Waals surface area contributed by atoms with E-state index in [9.17, 15) is 9.59 Å². The van der Waals surface area contributed by atoms with Crippen molar-refractivity contribution in [1.82, 2.24) is 19.3 Å². The number of fused-ring (bicyclic) bond motifs is 1. The van der Waals surface area contributed by atoms with Gasteiger partial charge in [0.05, 0.1) is 22.3 Å². The molecule has 1 N–H and O–H groups in total. The van der Waals surface area contributed by atoms with Crippen molar-refractivity contribution in [1.29, 1.82) is 0 Å². The van der Waals surface area contributed by atoms with Crippen LogP contribution in [0.15, 0.2) is 38.7 Å². The first-order chi connectivity index (χ1) is 14.1. The lowest BCUT2D eigenvalue weighted by Crippen LogP contribution is -2.24. The molecule has 0 aliphatic heterocycles. The van der Waals surface area contributed by atoms with Crippen LogP contribution in [0.1, 0.15) is 39.8 Å². The molecule has 0 aliphatic carbocycles. The fourth-order valence-electron chi connectivity index (χ4n) is 2.96. The summed E-state index contributed by atoms with van der Waals surface area (Å²) in [4.78, 5) is 30.1. The quantitative estimate of drug-likeness (QED) is 0.409. The number of anilines is 1. The predicted molar refractivity (Wildman–Crippen MR) is 125 cm³/mol. The lowest BCUT2D eigenvalue weighted by atomic mass is 9.92. The molecule has 0 atom stereocenters. The van der Waals surface area contributed by atoms with E-state index in [2.05, 4.69) is 52.1 Å². The van der Waals surface area contributed by atoms with E-state index in [1.54, 1.807) is 22.4 Å². The third-order valence-electron chi connectivity index (χ3n) is 4.58. The maximum absolute atomic E-state index is 12.9. The summed E-state index contributed by atoms with van der Waals surface area (Å²) in [6.07, 6.45) is 0.797. The molecule has 0 saturated carbocycles. The third-order valence-corrected chi connectivity index (χ3v) is 6.05. The SMILES string of the molecule is CCCn1c(SCC(=O)Nc2cc(C(C)(C)C)nn2C)nc2ccc(Br)cc2c1=O. The molecule has 0 spiro atoms.